The van der Waals surface area contributed by atoms with Crippen LogP contribution in [-0.4, -0.2) is 72.3 Å². The van der Waals surface area contributed by atoms with Crippen molar-refractivity contribution in [2.24, 2.45) is 0 Å². The van der Waals surface area contributed by atoms with Gasteiger partial charge in [-0.05, 0) is 44.5 Å². The number of amides is 1. The van der Waals surface area contributed by atoms with Gasteiger partial charge in [0.15, 0.2) is 5.01 Å². The minimum atomic E-state index is -3.62. The van der Waals surface area contributed by atoms with Gasteiger partial charge in [0.05, 0.1) is 5.69 Å². The molecule has 1 fully saturated rings. The number of ether oxygens (including phenoxy) is 1. The molecule has 0 bridgehead atoms. The summed E-state index contributed by atoms with van der Waals surface area (Å²) in [6.45, 7) is 6.85. The number of carbonyl (C=O) groups is 2. The number of hydrogen-bond donors (Lipinski definition) is 1. The lowest BCUT2D eigenvalue weighted by atomic mass is 10.1. The molecule has 0 radical (unpaired) electrons. The minimum absolute atomic E-state index is 0.201. The third-order valence-corrected chi connectivity index (χ3v) is 8.65. The Morgan fingerprint density at radius 2 is 1.83 bits per heavy atom. The summed E-state index contributed by atoms with van der Waals surface area (Å²) in [6, 6.07) is 6.37. The molecule has 1 aromatic heterocycles. The number of nitrogens with zero attached hydrogens (tertiary/aromatic N) is 3. The van der Waals surface area contributed by atoms with Crippen LogP contribution in [0.3, 0.4) is 0 Å². The van der Waals surface area contributed by atoms with Crippen LogP contribution in [0.1, 0.15) is 46.7 Å². The summed E-state index contributed by atoms with van der Waals surface area (Å²) in [6.07, 6.45) is 1.89. The lowest BCUT2D eigenvalue weighted by Crippen LogP contribution is -2.50. The van der Waals surface area contributed by atoms with Crippen molar-refractivity contribution in [3.63, 3.8) is 0 Å². The molecule has 2 aliphatic rings. The van der Waals surface area contributed by atoms with Gasteiger partial charge in [0.25, 0.3) is 5.91 Å². The summed E-state index contributed by atoms with van der Waals surface area (Å²) >= 11 is 7.18. The molecule has 0 saturated carbocycles. The number of rotatable bonds is 5. The lowest BCUT2D eigenvalue weighted by Gasteiger charge is -2.32. The van der Waals surface area contributed by atoms with Crippen LogP contribution in [0.4, 0.5) is 0 Å². The Hall–Kier alpha value is -2.31. The second-order valence-corrected chi connectivity index (χ2v) is 13.0. The molecule has 1 N–H and O–H groups in total. The van der Waals surface area contributed by atoms with E-state index >= 15 is 0 Å². The molecule has 2 aliphatic heterocycles. The molecular weight excluding hydrogens is 524 g/mol. The van der Waals surface area contributed by atoms with E-state index in [1.807, 2.05) is 20.8 Å². The molecule has 3 heterocycles. The van der Waals surface area contributed by atoms with Crippen molar-refractivity contribution in [1.29, 1.82) is 0 Å². The van der Waals surface area contributed by atoms with Crippen molar-refractivity contribution in [2.45, 2.75) is 45.4 Å². The number of halogens is 1. The quantitative estimate of drug-likeness (QED) is 0.568. The number of piperazine rings is 1. The fraction of sp³-hybridized carbons (Fsp3) is 0.458. The molecule has 1 saturated heterocycles. The lowest BCUT2D eigenvalue weighted by molar-refractivity contribution is -0.157. The van der Waals surface area contributed by atoms with Gasteiger partial charge in [0.1, 0.15) is 11.6 Å². The van der Waals surface area contributed by atoms with E-state index in [1.165, 1.54) is 27.1 Å². The molecule has 12 heteroatoms. The summed E-state index contributed by atoms with van der Waals surface area (Å²) in [5, 5.41) is 5.27. The molecule has 36 heavy (non-hydrogen) atoms. The Kier molecular flexibility index (Phi) is 7.86. The fourth-order valence-electron chi connectivity index (χ4n) is 3.90. The average molecular weight is 553 g/mol. The van der Waals surface area contributed by atoms with Crippen molar-refractivity contribution in [3.8, 4) is 0 Å². The highest BCUT2D eigenvalue weighted by molar-refractivity contribution is 7.92. The van der Waals surface area contributed by atoms with Gasteiger partial charge in [-0.25, -0.2) is 13.4 Å². The maximum absolute atomic E-state index is 13.1. The van der Waals surface area contributed by atoms with E-state index in [0.717, 1.165) is 16.1 Å². The van der Waals surface area contributed by atoms with E-state index < -0.39 is 21.7 Å². The first kappa shape index (κ1) is 26.7. The second kappa shape index (κ2) is 10.6. The number of benzene rings is 1. The first-order valence-corrected chi connectivity index (χ1v) is 14.3. The molecule has 0 spiro atoms. The largest absolute Gasteiger partial charge is 0.459 e. The monoisotopic (exact) mass is 552 g/mol. The molecule has 1 atom stereocenters. The predicted molar refractivity (Wildman–Crippen MR) is 139 cm³/mol. The zero-order valence-corrected chi connectivity index (χ0v) is 22.8. The summed E-state index contributed by atoms with van der Waals surface area (Å²) in [5.74, 6) is -0.562. The standard InChI is InChI=1S/C24H29ClN4O5S2/c1-24(2,3)34-23(31)19-14-18-20(15-26-19)35-21(27-18)22(30)28-9-11-29(12-10-28)36(32,33)13-8-16-4-6-17(25)7-5-16/h4-8,13,19,26H,9-12,14-15H2,1-3H3/b13-8+. The van der Waals surface area contributed by atoms with E-state index in [9.17, 15) is 18.0 Å². The second-order valence-electron chi connectivity index (χ2n) is 9.65. The van der Waals surface area contributed by atoms with Gasteiger partial charge >= 0.3 is 5.97 Å². The molecule has 0 aliphatic carbocycles. The van der Waals surface area contributed by atoms with Crippen LogP contribution in [0.5, 0.6) is 0 Å². The molecule has 1 unspecified atom stereocenters. The van der Waals surface area contributed by atoms with Crippen LogP contribution in [0.2, 0.25) is 5.02 Å². The molecule has 194 valence electrons. The number of aromatic nitrogens is 1. The number of carbonyl (C=O) groups excluding carboxylic acids is 2. The van der Waals surface area contributed by atoms with E-state index in [2.05, 4.69) is 10.3 Å². The predicted octanol–water partition coefficient (Wildman–Crippen LogP) is 2.91. The fourth-order valence-corrected chi connectivity index (χ4v) is 6.21. The minimum Gasteiger partial charge on any atom is -0.459 e. The van der Waals surface area contributed by atoms with Crippen molar-refractivity contribution in [1.82, 2.24) is 19.5 Å². The molecule has 9 nitrogen and oxygen atoms in total. The highest BCUT2D eigenvalue weighted by atomic mass is 35.5. The Bertz CT molecular complexity index is 1260. The molecule has 4 rings (SSSR count). The average Bonchev–Trinajstić information content (AvgIpc) is 3.26. The van der Waals surface area contributed by atoms with Crippen LogP contribution in [-0.2, 0) is 32.5 Å². The van der Waals surface area contributed by atoms with Gasteiger partial charge in [-0.2, -0.15) is 4.31 Å². The number of nitrogens with one attached hydrogen (secondary N) is 1. The number of hydrogen-bond acceptors (Lipinski definition) is 8. The zero-order chi connectivity index (χ0) is 26.1. The Morgan fingerprint density at radius 1 is 1.17 bits per heavy atom. The smallest absolute Gasteiger partial charge is 0.324 e. The number of thiazole rings is 1. The van der Waals surface area contributed by atoms with Crippen molar-refractivity contribution >= 4 is 50.9 Å². The van der Waals surface area contributed by atoms with Crippen LogP contribution >= 0.6 is 22.9 Å². The highest BCUT2D eigenvalue weighted by Crippen LogP contribution is 2.26. The number of sulfonamides is 1. The van der Waals surface area contributed by atoms with Gasteiger partial charge < -0.3 is 9.64 Å². The zero-order valence-electron chi connectivity index (χ0n) is 20.4. The maximum atomic E-state index is 13.1. The maximum Gasteiger partial charge on any atom is 0.324 e. The van der Waals surface area contributed by atoms with Crippen molar-refractivity contribution in [2.75, 3.05) is 26.2 Å². The molecule has 1 amide bonds. The summed E-state index contributed by atoms with van der Waals surface area (Å²) < 4.78 is 32.3. The van der Waals surface area contributed by atoms with E-state index in [1.54, 1.807) is 29.2 Å². The normalized spacial score (nSPS) is 19.3. The number of fused-ring (bicyclic) bond motifs is 1. The first-order chi connectivity index (χ1) is 16.9. The summed E-state index contributed by atoms with van der Waals surface area (Å²) in [7, 11) is -3.62. The Morgan fingerprint density at radius 3 is 2.47 bits per heavy atom. The van der Waals surface area contributed by atoms with Crippen molar-refractivity contribution < 1.29 is 22.7 Å². The molecule has 2 aromatic rings. The molecular formula is C24H29ClN4O5S2. The SMILES string of the molecule is CC(C)(C)OC(=O)C1Cc2nc(C(=O)N3CCN(S(=O)(=O)/C=C/c4ccc(Cl)cc4)CC3)sc2CN1. The third-order valence-electron chi connectivity index (χ3n) is 5.75. The Labute approximate surface area is 220 Å². The Balaban J connectivity index is 1.34. The van der Waals surface area contributed by atoms with Gasteiger partial charge in [-0.1, -0.05) is 23.7 Å². The topological polar surface area (TPSA) is 109 Å². The van der Waals surface area contributed by atoms with Crippen molar-refractivity contribution in [3.05, 3.63) is 55.8 Å². The van der Waals surface area contributed by atoms with Gasteiger partial charge in [-0.15, -0.1) is 11.3 Å². The van der Waals surface area contributed by atoms with Crippen LogP contribution in [0.25, 0.3) is 6.08 Å². The van der Waals surface area contributed by atoms with Gasteiger partial charge in [0.2, 0.25) is 10.0 Å². The number of esters is 1. The summed E-state index contributed by atoms with van der Waals surface area (Å²) in [5.41, 5.74) is 0.878. The first-order valence-electron chi connectivity index (χ1n) is 11.6. The van der Waals surface area contributed by atoms with Gasteiger partial charge in [0, 0.05) is 54.5 Å². The molecule has 1 aromatic carbocycles. The van der Waals surface area contributed by atoms with E-state index in [4.69, 9.17) is 16.3 Å². The third kappa shape index (κ3) is 6.51. The summed E-state index contributed by atoms with van der Waals surface area (Å²) in [4.78, 5) is 32.6. The van der Waals surface area contributed by atoms with Gasteiger partial charge in [-0.3, -0.25) is 14.9 Å². The van der Waals surface area contributed by atoms with Crippen LogP contribution < -0.4 is 5.32 Å². The highest BCUT2D eigenvalue weighted by Gasteiger charge is 2.33. The van der Waals surface area contributed by atoms with E-state index in [0.29, 0.717) is 23.0 Å². The van der Waals surface area contributed by atoms with Crippen LogP contribution in [0.15, 0.2) is 29.7 Å². The van der Waals surface area contributed by atoms with E-state index in [-0.39, 0.29) is 38.1 Å². The van der Waals surface area contributed by atoms with Crippen LogP contribution in [0, 0.1) is 0 Å².